The van der Waals surface area contributed by atoms with Crippen LogP contribution in [0, 0.1) is 0 Å². The highest BCUT2D eigenvalue weighted by molar-refractivity contribution is 6.13. The Morgan fingerprint density at radius 1 is 1.31 bits per heavy atom. The summed E-state index contributed by atoms with van der Waals surface area (Å²) in [5, 5.41) is 6.03. The summed E-state index contributed by atoms with van der Waals surface area (Å²) < 4.78 is 5.54. The number of carbonyl (C=O) groups excluding carboxylic acids is 2. The van der Waals surface area contributed by atoms with E-state index in [1.807, 2.05) is 0 Å². The number of aromatic amines is 1. The van der Waals surface area contributed by atoms with Gasteiger partial charge in [-0.1, -0.05) is 6.92 Å². The van der Waals surface area contributed by atoms with E-state index >= 15 is 0 Å². The molecule has 2 heterocycles. The number of aryl methyl sites for hydroxylation is 1. The number of nitrogens with one attached hydrogen (secondary N) is 3. The van der Waals surface area contributed by atoms with E-state index in [0.717, 1.165) is 38.0 Å². The number of nitrogens with zero attached hydrogens (tertiary/aromatic N) is 1. The van der Waals surface area contributed by atoms with Crippen LogP contribution in [-0.4, -0.2) is 41.4 Å². The number of rotatable bonds is 8. The molecule has 1 amide bonds. The normalized spacial score (nSPS) is 13.3. The quantitative estimate of drug-likeness (QED) is 0.632. The molecule has 1 aliphatic rings. The van der Waals surface area contributed by atoms with E-state index in [4.69, 9.17) is 4.74 Å². The highest BCUT2D eigenvalue weighted by atomic mass is 16.5. The fourth-order valence-electron chi connectivity index (χ4n) is 2.98. The molecule has 138 valence electrons. The van der Waals surface area contributed by atoms with E-state index in [9.17, 15) is 9.59 Å². The first kappa shape index (κ1) is 18.1. The lowest BCUT2D eigenvalue weighted by Crippen LogP contribution is -2.21. The Kier molecular flexibility index (Phi) is 6.01. The second-order valence-corrected chi connectivity index (χ2v) is 6.27. The Morgan fingerprint density at radius 2 is 2.19 bits per heavy atom. The van der Waals surface area contributed by atoms with Gasteiger partial charge in [0.1, 0.15) is 6.61 Å². The highest BCUT2D eigenvalue weighted by Crippen LogP contribution is 2.24. The van der Waals surface area contributed by atoms with Crippen LogP contribution in [0.3, 0.4) is 0 Å². The van der Waals surface area contributed by atoms with Crippen molar-refractivity contribution in [3.8, 4) is 5.88 Å². The second kappa shape index (κ2) is 8.62. The summed E-state index contributed by atoms with van der Waals surface area (Å²) in [6.07, 6.45) is 6.36. The van der Waals surface area contributed by atoms with Gasteiger partial charge in [0.05, 0.1) is 23.0 Å². The van der Waals surface area contributed by atoms with Gasteiger partial charge in [-0.2, -0.15) is 0 Å². The summed E-state index contributed by atoms with van der Waals surface area (Å²) in [6, 6.07) is 3.45. The summed E-state index contributed by atoms with van der Waals surface area (Å²) in [7, 11) is 0. The SMILES string of the molecule is CCCNCCOc1ccc(NC(=O)c2c[nH]c3c2C(=O)CCC3)cn1. The molecule has 0 fully saturated rings. The molecule has 3 N–H and O–H groups in total. The van der Waals surface area contributed by atoms with Crippen LogP contribution in [0.25, 0.3) is 0 Å². The third-order valence-corrected chi connectivity index (χ3v) is 4.27. The van der Waals surface area contributed by atoms with Gasteiger partial charge in [0, 0.05) is 30.9 Å². The Labute approximate surface area is 152 Å². The van der Waals surface area contributed by atoms with Gasteiger partial charge in [-0.05, 0) is 31.9 Å². The number of pyridine rings is 1. The van der Waals surface area contributed by atoms with Gasteiger partial charge in [-0.15, -0.1) is 0 Å². The monoisotopic (exact) mass is 356 g/mol. The lowest BCUT2D eigenvalue weighted by Gasteiger charge is -2.12. The number of anilines is 1. The molecule has 2 aromatic rings. The zero-order valence-corrected chi connectivity index (χ0v) is 14.9. The first-order valence-electron chi connectivity index (χ1n) is 9.03. The average molecular weight is 356 g/mol. The van der Waals surface area contributed by atoms with Gasteiger partial charge >= 0.3 is 0 Å². The van der Waals surface area contributed by atoms with Gasteiger partial charge < -0.3 is 20.4 Å². The second-order valence-electron chi connectivity index (χ2n) is 6.27. The molecule has 0 saturated carbocycles. The van der Waals surface area contributed by atoms with Gasteiger partial charge in [-0.25, -0.2) is 4.98 Å². The van der Waals surface area contributed by atoms with E-state index in [0.29, 0.717) is 35.7 Å². The highest BCUT2D eigenvalue weighted by Gasteiger charge is 2.25. The maximum absolute atomic E-state index is 12.5. The van der Waals surface area contributed by atoms with Gasteiger partial charge in [0.15, 0.2) is 5.78 Å². The largest absolute Gasteiger partial charge is 0.476 e. The summed E-state index contributed by atoms with van der Waals surface area (Å²) in [6.45, 7) is 4.38. The molecule has 0 unspecified atom stereocenters. The standard InChI is InChI=1S/C19H24N4O3/c1-2-8-20-9-10-26-17-7-6-13(11-22-17)23-19(25)14-12-21-15-4-3-5-16(24)18(14)15/h6-7,11-12,20-21H,2-5,8-10H2,1H3,(H,23,25). The molecule has 0 bridgehead atoms. The van der Waals surface area contributed by atoms with Crippen LogP contribution in [0.15, 0.2) is 24.5 Å². The number of fused-ring (bicyclic) bond motifs is 1. The lowest BCUT2D eigenvalue weighted by atomic mass is 9.93. The first-order chi connectivity index (χ1) is 12.7. The minimum Gasteiger partial charge on any atom is -0.476 e. The third kappa shape index (κ3) is 4.29. The molecule has 0 atom stereocenters. The number of ketones is 1. The predicted octanol–water partition coefficient (Wildman–Crippen LogP) is 2.56. The number of hydrogen-bond donors (Lipinski definition) is 3. The van der Waals surface area contributed by atoms with Crippen molar-refractivity contribution in [2.45, 2.75) is 32.6 Å². The summed E-state index contributed by atoms with van der Waals surface area (Å²) in [5.41, 5.74) is 2.34. The van der Waals surface area contributed by atoms with E-state index in [1.54, 1.807) is 24.5 Å². The van der Waals surface area contributed by atoms with Crippen molar-refractivity contribution in [3.05, 3.63) is 41.3 Å². The molecule has 0 saturated heterocycles. The molecule has 3 rings (SSSR count). The number of ether oxygens (including phenoxy) is 1. The van der Waals surface area contributed by atoms with Crippen molar-refractivity contribution in [1.82, 2.24) is 15.3 Å². The van der Waals surface area contributed by atoms with Crippen molar-refractivity contribution < 1.29 is 14.3 Å². The smallest absolute Gasteiger partial charge is 0.257 e. The van der Waals surface area contributed by atoms with Crippen LogP contribution in [0.4, 0.5) is 5.69 Å². The molecule has 0 radical (unpaired) electrons. The van der Waals surface area contributed by atoms with Crippen LogP contribution >= 0.6 is 0 Å². The zero-order valence-electron chi connectivity index (χ0n) is 14.9. The molecular weight excluding hydrogens is 332 g/mol. The van der Waals surface area contributed by atoms with Crippen LogP contribution in [0.1, 0.15) is 52.6 Å². The van der Waals surface area contributed by atoms with Crippen LogP contribution < -0.4 is 15.4 Å². The van der Waals surface area contributed by atoms with Gasteiger partial charge in [0.2, 0.25) is 5.88 Å². The van der Waals surface area contributed by atoms with Gasteiger partial charge in [0.25, 0.3) is 5.91 Å². The molecule has 0 aliphatic heterocycles. The molecular formula is C19H24N4O3. The Bertz CT molecular complexity index is 768. The maximum Gasteiger partial charge on any atom is 0.257 e. The number of amides is 1. The van der Waals surface area contributed by atoms with E-state index in [1.165, 1.54) is 0 Å². The van der Waals surface area contributed by atoms with E-state index in [-0.39, 0.29) is 11.7 Å². The molecule has 0 aromatic carbocycles. The van der Waals surface area contributed by atoms with Crippen molar-refractivity contribution in [1.29, 1.82) is 0 Å². The summed E-state index contributed by atoms with van der Waals surface area (Å²) in [4.78, 5) is 31.8. The number of H-pyrrole nitrogens is 1. The van der Waals surface area contributed by atoms with Gasteiger partial charge in [-0.3, -0.25) is 9.59 Å². The number of hydrogen-bond acceptors (Lipinski definition) is 5. The Hall–Kier alpha value is -2.67. The van der Waals surface area contributed by atoms with Crippen LogP contribution in [0.5, 0.6) is 5.88 Å². The van der Waals surface area contributed by atoms with Crippen molar-refractivity contribution in [3.63, 3.8) is 0 Å². The Morgan fingerprint density at radius 3 is 2.96 bits per heavy atom. The van der Waals surface area contributed by atoms with E-state index in [2.05, 4.69) is 27.5 Å². The minimum atomic E-state index is -0.308. The first-order valence-corrected chi connectivity index (χ1v) is 9.03. The summed E-state index contributed by atoms with van der Waals surface area (Å²) >= 11 is 0. The fraction of sp³-hybridized carbons (Fsp3) is 0.421. The van der Waals surface area contributed by atoms with Crippen molar-refractivity contribution >= 4 is 17.4 Å². The summed E-state index contributed by atoms with van der Waals surface area (Å²) in [5.74, 6) is 0.226. The molecule has 7 nitrogen and oxygen atoms in total. The minimum absolute atomic E-state index is 0.0243. The van der Waals surface area contributed by atoms with Crippen LogP contribution in [-0.2, 0) is 6.42 Å². The predicted molar refractivity (Wildman–Crippen MR) is 98.9 cm³/mol. The molecule has 2 aromatic heterocycles. The molecule has 1 aliphatic carbocycles. The number of aromatic nitrogens is 2. The lowest BCUT2D eigenvalue weighted by molar-refractivity contribution is 0.0956. The zero-order chi connectivity index (χ0) is 18.4. The molecule has 7 heteroatoms. The average Bonchev–Trinajstić information content (AvgIpc) is 3.09. The maximum atomic E-state index is 12.5. The van der Waals surface area contributed by atoms with Crippen LogP contribution in [0.2, 0.25) is 0 Å². The number of Topliss-reactive ketones (excluding diaryl/α,β-unsaturated/α-hetero) is 1. The number of carbonyl (C=O) groups is 2. The molecule has 0 spiro atoms. The van der Waals surface area contributed by atoms with E-state index < -0.39 is 0 Å². The van der Waals surface area contributed by atoms with Crippen molar-refractivity contribution in [2.75, 3.05) is 25.0 Å². The molecule has 26 heavy (non-hydrogen) atoms. The third-order valence-electron chi connectivity index (χ3n) is 4.27. The Balaban J connectivity index is 1.57. The van der Waals surface area contributed by atoms with Crippen molar-refractivity contribution in [2.24, 2.45) is 0 Å². The topological polar surface area (TPSA) is 96.1 Å². The fourth-order valence-corrected chi connectivity index (χ4v) is 2.98.